The summed E-state index contributed by atoms with van der Waals surface area (Å²) in [7, 11) is 1.64. The van der Waals surface area contributed by atoms with E-state index in [9.17, 15) is 9.90 Å². The molecular formula is C20H27N5O3. The Hall–Kier alpha value is -2.71. The molecule has 0 bridgehead atoms. The van der Waals surface area contributed by atoms with E-state index >= 15 is 0 Å². The van der Waals surface area contributed by atoms with Crippen molar-refractivity contribution in [2.24, 2.45) is 0 Å². The van der Waals surface area contributed by atoms with Crippen molar-refractivity contribution in [2.45, 2.75) is 32.0 Å². The minimum absolute atomic E-state index is 0.176. The van der Waals surface area contributed by atoms with Crippen LogP contribution >= 0.6 is 0 Å². The number of urea groups is 1. The number of aliphatic hydroxyl groups excluding tert-OH is 1. The first-order valence-corrected chi connectivity index (χ1v) is 9.30. The number of amides is 2. The molecule has 3 N–H and O–H groups in total. The number of benzene rings is 1. The van der Waals surface area contributed by atoms with Gasteiger partial charge in [0.25, 0.3) is 0 Å². The molecule has 1 aromatic carbocycles. The highest BCUT2D eigenvalue weighted by Gasteiger charge is 2.42. The summed E-state index contributed by atoms with van der Waals surface area (Å²) in [6.45, 7) is 5.31. The van der Waals surface area contributed by atoms with Gasteiger partial charge in [-0.15, -0.1) is 0 Å². The Morgan fingerprint density at radius 3 is 2.79 bits per heavy atom. The smallest absolute Gasteiger partial charge is 0.319 e. The first-order valence-electron chi connectivity index (χ1n) is 9.30. The van der Waals surface area contributed by atoms with Gasteiger partial charge in [-0.05, 0) is 19.4 Å². The lowest BCUT2D eigenvalue weighted by atomic mass is 9.97. The molecule has 2 aromatic rings. The average molecular weight is 385 g/mol. The number of nitrogens with one attached hydrogen (secondary N) is 2. The Morgan fingerprint density at radius 1 is 1.36 bits per heavy atom. The molecule has 8 nitrogen and oxygen atoms in total. The maximum Gasteiger partial charge on any atom is 0.319 e. The van der Waals surface area contributed by atoms with Gasteiger partial charge in [-0.25, -0.2) is 14.8 Å². The summed E-state index contributed by atoms with van der Waals surface area (Å²) >= 11 is 0. The molecule has 150 valence electrons. The fraction of sp³-hybridized carbons (Fsp3) is 0.450. The van der Waals surface area contributed by atoms with Crippen molar-refractivity contribution in [3.8, 4) is 0 Å². The van der Waals surface area contributed by atoms with Gasteiger partial charge in [0, 0.05) is 25.4 Å². The fourth-order valence-corrected chi connectivity index (χ4v) is 3.36. The van der Waals surface area contributed by atoms with E-state index in [2.05, 4.69) is 20.6 Å². The number of nitrogens with zero attached hydrogens (tertiary/aromatic N) is 3. The maximum atomic E-state index is 13.0. The third-order valence-corrected chi connectivity index (χ3v) is 5.03. The number of ether oxygens (including phenoxy) is 1. The highest BCUT2D eigenvalue weighted by Crippen LogP contribution is 2.38. The number of aliphatic hydroxyl groups is 1. The molecule has 0 radical (unpaired) electrons. The summed E-state index contributed by atoms with van der Waals surface area (Å²) in [6, 6.07) is 8.71. The standard InChI is InChI=1S/C20H27N5O3/c1-20(2)15-11-22-18(21-9-10-28-3)23-16(15)12-25(20)19(27)24-17(13-26)14-7-5-4-6-8-14/h4-8,11,17,26H,9-10,12-13H2,1-3H3,(H,24,27)(H,21,22,23)/t17-/m1/s1. The van der Waals surface area contributed by atoms with Gasteiger partial charge in [0.05, 0.1) is 37.0 Å². The predicted molar refractivity (Wildman–Crippen MR) is 106 cm³/mol. The van der Waals surface area contributed by atoms with Gasteiger partial charge in [-0.2, -0.15) is 0 Å². The Morgan fingerprint density at radius 2 is 2.11 bits per heavy atom. The lowest BCUT2D eigenvalue weighted by Crippen LogP contribution is -2.47. The second-order valence-electron chi connectivity index (χ2n) is 7.21. The topological polar surface area (TPSA) is 99.6 Å². The van der Waals surface area contributed by atoms with Gasteiger partial charge in [-0.3, -0.25) is 0 Å². The zero-order valence-corrected chi connectivity index (χ0v) is 16.5. The van der Waals surface area contributed by atoms with Crippen LogP contribution in [-0.4, -0.2) is 52.9 Å². The second kappa shape index (κ2) is 8.53. The average Bonchev–Trinajstić information content (AvgIpc) is 2.97. The van der Waals surface area contributed by atoms with E-state index < -0.39 is 11.6 Å². The summed E-state index contributed by atoms with van der Waals surface area (Å²) in [6.07, 6.45) is 1.77. The molecular weight excluding hydrogens is 358 g/mol. The lowest BCUT2D eigenvalue weighted by Gasteiger charge is -2.33. The van der Waals surface area contributed by atoms with E-state index in [-0.39, 0.29) is 12.6 Å². The number of carbonyl (C=O) groups is 1. The number of hydrogen-bond acceptors (Lipinski definition) is 6. The quantitative estimate of drug-likeness (QED) is 0.631. The van der Waals surface area contributed by atoms with Crippen molar-refractivity contribution >= 4 is 12.0 Å². The molecule has 0 unspecified atom stereocenters. The molecule has 0 spiro atoms. The Balaban J connectivity index is 1.74. The number of fused-ring (bicyclic) bond motifs is 1. The van der Waals surface area contributed by atoms with Crippen molar-refractivity contribution in [1.82, 2.24) is 20.2 Å². The summed E-state index contributed by atoms with van der Waals surface area (Å²) in [4.78, 5) is 23.6. The molecule has 2 amide bonds. The van der Waals surface area contributed by atoms with Gasteiger partial charge >= 0.3 is 6.03 Å². The van der Waals surface area contributed by atoms with Gasteiger partial charge in [0.1, 0.15) is 0 Å². The molecule has 8 heteroatoms. The van der Waals surface area contributed by atoms with Gasteiger partial charge < -0.3 is 25.4 Å². The predicted octanol–water partition coefficient (Wildman–Crippen LogP) is 2.03. The third kappa shape index (κ3) is 4.07. The maximum absolute atomic E-state index is 13.0. The normalized spacial score (nSPS) is 15.8. The van der Waals surface area contributed by atoms with Crippen LogP contribution in [0.3, 0.4) is 0 Å². The fourth-order valence-electron chi connectivity index (χ4n) is 3.36. The molecule has 3 rings (SSSR count). The Bertz CT molecular complexity index is 813. The minimum atomic E-state index is -0.554. The third-order valence-electron chi connectivity index (χ3n) is 5.03. The van der Waals surface area contributed by atoms with Crippen LogP contribution in [0.25, 0.3) is 0 Å². The van der Waals surface area contributed by atoms with E-state index in [0.717, 1.165) is 16.8 Å². The van der Waals surface area contributed by atoms with Crippen LogP contribution < -0.4 is 10.6 Å². The first kappa shape index (κ1) is 20.0. The van der Waals surface area contributed by atoms with E-state index in [4.69, 9.17) is 4.74 Å². The zero-order valence-electron chi connectivity index (χ0n) is 16.5. The number of hydrogen-bond donors (Lipinski definition) is 3. The van der Waals surface area contributed by atoms with Gasteiger partial charge in [0.2, 0.25) is 5.95 Å². The van der Waals surface area contributed by atoms with Crippen LogP contribution in [0.4, 0.5) is 10.7 Å². The van der Waals surface area contributed by atoms with Crippen LogP contribution in [0.5, 0.6) is 0 Å². The second-order valence-corrected chi connectivity index (χ2v) is 7.21. The molecule has 0 aliphatic carbocycles. The van der Waals surface area contributed by atoms with Gasteiger partial charge in [0.15, 0.2) is 0 Å². The Labute approximate surface area is 165 Å². The highest BCUT2D eigenvalue weighted by atomic mass is 16.5. The molecule has 0 saturated carbocycles. The van der Waals surface area contributed by atoms with Crippen molar-refractivity contribution in [3.05, 3.63) is 53.3 Å². The van der Waals surface area contributed by atoms with E-state index in [1.165, 1.54) is 0 Å². The molecule has 1 aliphatic heterocycles. The summed E-state index contributed by atoms with van der Waals surface area (Å²) in [5.41, 5.74) is 2.04. The van der Waals surface area contributed by atoms with Crippen molar-refractivity contribution in [1.29, 1.82) is 0 Å². The number of aromatic nitrogens is 2. The van der Waals surface area contributed by atoms with E-state index in [1.54, 1.807) is 18.2 Å². The molecule has 0 saturated heterocycles. The molecule has 28 heavy (non-hydrogen) atoms. The molecule has 1 aromatic heterocycles. The number of carbonyl (C=O) groups excluding carboxylic acids is 1. The van der Waals surface area contributed by atoms with Crippen molar-refractivity contribution in [3.63, 3.8) is 0 Å². The van der Waals surface area contributed by atoms with Crippen molar-refractivity contribution in [2.75, 3.05) is 32.2 Å². The monoisotopic (exact) mass is 385 g/mol. The Kier molecular flexibility index (Phi) is 6.11. The number of anilines is 1. The van der Waals surface area contributed by atoms with Crippen molar-refractivity contribution < 1.29 is 14.6 Å². The first-order chi connectivity index (χ1) is 13.5. The number of methoxy groups -OCH3 is 1. The number of rotatable bonds is 7. The molecule has 2 heterocycles. The molecule has 0 fully saturated rings. The van der Waals surface area contributed by atoms with Crippen LogP contribution in [0.1, 0.15) is 36.7 Å². The molecule has 1 atom stereocenters. The summed E-state index contributed by atoms with van der Waals surface area (Å²) in [5, 5.41) is 15.8. The SMILES string of the molecule is COCCNc1ncc2c(n1)CN(C(=O)N[C@H](CO)c1ccccc1)C2(C)C. The van der Waals surface area contributed by atoms with Crippen LogP contribution in [0, 0.1) is 0 Å². The van der Waals surface area contributed by atoms with Crippen LogP contribution in [0.2, 0.25) is 0 Å². The van der Waals surface area contributed by atoms with Crippen LogP contribution in [-0.2, 0) is 16.8 Å². The zero-order chi connectivity index (χ0) is 20.1. The highest BCUT2D eigenvalue weighted by molar-refractivity contribution is 5.77. The van der Waals surface area contributed by atoms with Gasteiger partial charge in [-0.1, -0.05) is 30.3 Å². The largest absolute Gasteiger partial charge is 0.394 e. The van der Waals surface area contributed by atoms with E-state index in [0.29, 0.717) is 25.6 Å². The molecule has 1 aliphatic rings. The van der Waals surface area contributed by atoms with Crippen LogP contribution in [0.15, 0.2) is 36.5 Å². The lowest BCUT2D eigenvalue weighted by molar-refractivity contribution is 0.136. The minimum Gasteiger partial charge on any atom is -0.394 e. The summed E-state index contributed by atoms with van der Waals surface area (Å²) < 4.78 is 5.02. The summed E-state index contributed by atoms with van der Waals surface area (Å²) in [5.74, 6) is 0.520. The van der Waals surface area contributed by atoms with E-state index in [1.807, 2.05) is 44.2 Å².